The van der Waals surface area contributed by atoms with Gasteiger partial charge in [0, 0.05) is 41.7 Å². The molecule has 0 saturated carbocycles. The van der Waals surface area contributed by atoms with Crippen molar-refractivity contribution in [1.29, 1.82) is 0 Å². The lowest BCUT2D eigenvalue weighted by Gasteiger charge is -2.21. The van der Waals surface area contributed by atoms with E-state index in [0.29, 0.717) is 5.02 Å². The summed E-state index contributed by atoms with van der Waals surface area (Å²) in [4.78, 5) is 8.99. The van der Waals surface area contributed by atoms with Crippen LogP contribution in [-0.4, -0.2) is 21.6 Å². The normalized spacial score (nSPS) is 12.1. The fraction of sp³-hybridized carbons (Fsp3) is 0.143. The maximum Gasteiger partial charge on any atom is 0.135 e. The van der Waals surface area contributed by atoms with Crippen molar-refractivity contribution in [2.45, 2.75) is 6.04 Å². The third-order valence-corrected chi connectivity index (χ3v) is 4.78. The van der Waals surface area contributed by atoms with Gasteiger partial charge in [-0.25, -0.2) is 4.98 Å². The van der Waals surface area contributed by atoms with E-state index in [9.17, 15) is 0 Å². The summed E-state index contributed by atoms with van der Waals surface area (Å²) in [6.45, 7) is 0. The molecule has 0 bridgehead atoms. The fourth-order valence-electron chi connectivity index (χ4n) is 3.18. The summed E-state index contributed by atoms with van der Waals surface area (Å²) < 4.78 is 7.42. The molecule has 0 spiro atoms. The fourth-order valence-corrected chi connectivity index (χ4v) is 3.34. The van der Waals surface area contributed by atoms with E-state index in [2.05, 4.69) is 21.4 Å². The highest BCUT2D eigenvalue weighted by Crippen LogP contribution is 2.31. The van der Waals surface area contributed by atoms with Crippen molar-refractivity contribution in [3.63, 3.8) is 0 Å². The van der Waals surface area contributed by atoms with E-state index >= 15 is 0 Å². The smallest absolute Gasteiger partial charge is 0.135 e. The number of benzene rings is 2. The van der Waals surface area contributed by atoms with E-state index in [1.165, 1.54) is 0 Å². The molecule has 27 heavy (non-hydrogen) atoms. The van der Waals surface area contributed by atoms with Gasteiger partial charge in [0.05, 0.1) is 12.6 Å². The zero-order valence-electron chi connectivity index (χ0n) is 15.1. The number of halogens is 1. The molecule has 0 fully saturated rings. The number of nitrogens with zero attached hydrogens (tertiary/aromatic N) is 3. The maximum atomic E-state index is 6.12. The van der Waals surface area contributed by atoms with Crippen LogP contribution in [0.15, 0.2) is 67.1 Å². The van der Waals surface area contributed by atoms with Crippen LogP contribution >= 0.6 is 11.6 Å². The molecule has 1 atom stereocenters. The molecule has 2 aromatic carbocycles. The van der Waals surface area contributed by atoms with Crippen LogP contribution < -0.4 is 10.1 Å². The van der Waals surface area contributed by atoms with Crippen LogP contribution in [0, 0.1) is 0 Å². The number of fused-ring (bicyclic) bond motifs is 1. The molecule has 0 saturated heterocycles. The molecule has 0 aliphatic heterocycles. The highest BCUT2D eigenvalue weighted by Gasteiger charge is 2.20. The first kappa shape index (κ1) is 17.4. The van der Waals surface area contributed by atoms with E-state index < -0.39 is 0 Å². The van der Waals surface area contributed by atoms with Gasteiger partial charge in [0.25, 0.3) is 0 Å². The number of nitrogens with one attached hydrogen (secondary N) is 1. The minimum Gasteiger partial charge on any atom is -0.497 e. The minimum atomic E-state index is -0.152. The van der Waals surface area contributed by atoms with Gasteiger partial charge in [-0.3, -0.25) is 4.98 Å². The predicted octanol–water partition coefficient (Wildman–Crippen LogP) is 4.83. The van der Waals surface area contributed by atoms with Gasteiger partial charge in [-0.15, -0.1) is 0 Å². The second-order valence-electron chi connectivity index (χ2n) is 6.27. The lowest BCUT2D eigenvalue weighted by molar-refractivity contribution is 0.414. The van der Waals surface area contributed by atoms with Crippen LogP contribution in [0.2, 0.25) is 5.02 Å². The van der Waals surface area contributed by atoms with Crippen LogP contribution in [-0.2, 0) is 7.05 Å². The minimum absolute atomic E-state index is 0.152. The lowest BCUT2D eigenvalue weighted by Crippen LogP contribution is -2.17. The molecule has 2 aromatic heterocycles. The number of aryl methyl sites for hydroxylation is 1. The molecule has 136 valence electrons. The van der Waals surface area contributed by atoms with Crippen LogP contribution in [0.1, 0.15) is 17.4 Å². The number of pyridine rings is 1. The van der Waals surface area contributed by atoms with E-state index in [0.717, 1.165) is 33.7 Å². The number of imidazole rings is 1. The molecule has 0 aliphatic carbocycles. The van der Waals surface area contributed by atoms with Crippen LogP contribution in [0.3, 0.4) is 0 Å². The largest absolute Gasteiger partial charge is 0.497 e. The average molecular weight is 379 g/mol. The Morgan fingerprint density at radius 1 is 1.07 bits per heavy atom. The Labute approximate surface area is 162 Å². The summed E-state index contributed by atoms with van der Waals surface area (Å²) in [6.07, 6.45) is 5.52. The van der Waals surface area contributed by atoms with Crippen molar-refractivity contribution in [3.8, 4) is 5.75 Å². The first-order valence-electron chi connectivity index (χ1n) is 8.57. The van der Waals surface area contributed by atoms with Gasteiger partial charge in [0.15, 0.2) is 0 Å². The number of ether oxygens (including phenoxy) is 1. The number of hydrogen-bond acceptors (Lipinski definition) is 4. The third kappa shape index (κ3) is 3.46. The Bertz CT molecular complexity index is 1090. The van der Waals surface area contributed by atoms with Crippen LogP contribution in [0.4, 0.5) is 5.69 Å². The van der Waals surface area contributed by atoms with Gasteiger partial charge in [-0.1, -0.05) is 23.7 Å². The van der Waals surface area contributed by atoms with Crippen molar-refractivity contribution in [1.82, 2.24) is 14.5 Å². The molecule has 6 heteroatoms. The standard InChI is InChI=1S/C21H19ClN4O/c1-26-11-10-24-21(26)20(14-4-3-5-16(12-14)27-2)25-18-8-9-23-19-13-15(22)6-7-17(18)19/h3-13,20H,1-2H3,(H,23,25). The first-order valence-corrected chi connectivity index (χ1v) is 8.95. The molecule has 0 amide bonds. The van der Waals surface area contributed by atoms with E-state index in [1.54, 1.807) is 19.5 Å². The van der Waals surface area contributed by atoms with Gasteiger partial charge >= 0.3 is 0 Å². The van der Waals surface area contributed by atoms with Gasteiger partial charge in [0.2, 0.25) is 0 Å². The Morgan fingerprint density at radius 3 is 2.74 bits per heavy atom. The number of hydrogen-bond donors (Lipinski definition) is 1. The second kappa shape index (κ2) is 7.29. The van der Waals surface area contributed by atoms with Crippen molar-refractivity contribution < 1.29 is 4.74 Å². The van der Waals surface area contributed by atoms with E-state index in [4.69, 9.17) is 16.3 Å². The van der Waals surface area contributed by atoms with Gasteiger partial charge in [-0.05, 0) is 42.0 Å². The highest BCUT2D eigenvalue weighted by atomic mass is 35.5. The predicted molar refractivity (Wildman–Crippen MR) is 108 cm³/mol. The molecule has 4 aromatic rings. The quantitative estimate of drug-likeness (QED) is 0.540. The SMILES string of the molecule is COc1cccc(C(Nc2ccnc3cc(Cl)ccc23)c2nccn2C)c1. The molecule has 1 N–H and O–H groups in total. The average Bonchev–Trinajstić information content (AvgIpc) is 3.11. The van der Waals surface area contributed by atoms with Gasteiger partial charge in [-0.2, -0.15) is 0 Å². The van der Waals surface area contributed by atoms with Gasteiger partial charge < -0.3 is 14.6 Å². The Morgan fingerprint density at radius 2 is 1.96 bits per heavy atom. The van der Waals surface area contributed by atoms with Crippen molar-refractivity contribution in [2.75, 3.05) is 12.4 Å². The first-order chi connectivity index (χ1) is 13.2. The number of methoxy groups -OCH3 is 1. The van der Waals surface area contributed by atoms with Crippen molar-refractivity contribution >= 4 is 28.2 Å². The summed E-state index contributed by atoms with van der Waals surface area (Å²) in [5, 5.41) is 5.30. The number of anilines is 1. The second-order valence-corrected chi connectivity index (χ2v) is 6.71. The zero-order chi connectivity index (χ0) is 18.8. The van der Waals surface area contributed by atoms with Gasteiger partial charge in [0.1, 0.15) is 17.6 Å². The zero-order valence-corrected chi connectivity index (χ0v) is 15.8. The highest BCUT2D eigenvalue weighted by molar-refractivity contribution is 6.31. The summed E-state index contributed by atoms with van der Waals surface area (Å²) in [5.74, 6) is 1.71. The number of rotatable bonds is 5. The Hall–Kier alpha value is -3.05. The van der Waals surface area contributed by atoms with Crippen LogP contribution in [0.5, 0.6) is 5.75 Å². The third-order valence-electron chi connectivity index (χ3n) is 4.55. The molecule has 0 radical (unpaired) electrons. The monoisotopic (exact) mass is 378 g/mol. The topological polar surface area (TPSA) is 52.0 Å². The summed E-state index contributed by atoms with van der Waals surface area (Å²) >= 11 is 6.12. The lowest BCUT2D eigenvalue weighted by atomic mass is 10.0. The molecule has 0 aliphatic rings. The molecule has 5 nitrogen and oxygen atoms in total. The number of aromatic nitrogens is 3. The Balaban J connectivity index is 1.82. The molecular formula is C21H19ClN4O. The molecular weight excluding hydrogens is 360 g/mol. The molecule has 2 heterocycles. The maximum absolute atomic E-state index is 6.12. The van der Waals surface area contributed by atoms with Crippen molar-refractivity contribution in [2.24, 2.45) is 7.05 Å². The summed E-state index contributed by atoms with van der Waals surface area (Å²) in [5.41, 5.74) is 2.87. The van der Waals surface area contributed by atoms with Crippen LogP contribution in [0.25, 0.3) is 10.9 Å². The van der Waals surface area contributed by atoms with E-state index in [-0.39, 0.29) is 6.04 Å². The van der Waals surface area contributed by atoms with E-state index in [1.807, 2.05) is 60.3 Å². The van der Waals surface area contributed by atoms with Crippen molar-refractivity contribution in [3.05, 3.63) is 83.5 Å². The summed E-state index contributed by atoms with van der Waals surface area (Å²) in [6, 6.07) is 15.5. The molecule has 1 unspecified atom stereocenters. The summed E-state index contributed by atoms with van der Waals surface area (Å²) in [7, 11) is 3.66. The molecule has 4 rings (SSSR count). The Kier molecular flexibility index (Phi) is 4.69.